The van der Waals surface area contributed by atoms with E-state index in [9.17, 15) is 8.42 Å². The van der Waals surface area contributed by atoms with Gasteiger partial charge < -0.3 is 9.88 Å². The maximum Gasteiger partial charge on any atom is 0.264 e. The summed E-state index contributed by atoms with van der Waals surface area (Å²) in [5.74, 6) is 0.310. The van der Waals surface area contributed by atoms with E-state index in [0.29, 0.717) is 12.4 Å². The van der Waals surface area contributed by atoms with Gasteiger partial charge in [0.05, 0.1) is 0 Å². The Hall–Kier alpha value is -1.86. The summed E-state index contributed by atoms with van der Waals surface area (Å²) in [6, 6.07) is 6.73. The van der Waals surface area contributed by atoms with Crippen LogP contribution in [0.5, 0.6) is 0 Å². The van der Waals surface area contributed by atoms with Crippen molar-refractivity contribution in [1.29, 1.82) is 0 Å². The van der Waals surface area contributed by atoms with Gasteiger partial charge in [-0.1, -0.05) is 13.0 Å². The van der Waals surface area contributed by atoms with Gasteiger partial charge in [-0.15, -0.1) is 0 Å². The Morgan fingerprint density at radius 1 is 1.35 bits per heavy atom. The summed E-state index contributed by atoms with van der Waals surface area (Å²) in [6.07, 6.45) is 3.14. The van der Waals surface area contributed by atoms with Gasteiger partial charge in [-0.25, -0.2) is 13.4 Å². The lowest BCUT2D eigenvalue weighted by Crippen LogP contribution is -2.14. The first-order valence-corrected chi connectivity index (χ1v) is 7.81. The van der Waals surface area contributed by atoms with Gasteiger partial charge in [0.25, 0.3) is 10.0 Å². The minimum absolute atomic E-state index is 0.235. The highest BCUT2D eigenvalue weighted by atomic mass is 32.2. The van der Waals surface area contributed by atoms with Crippen LogP contribution in [0.2, 0.25) is 0 Å². The summed E-state index contributed by atoms with van der Waals surface area (Å²) in [4.78, 5) is 4.19. The van der Waals surface area contributed by atoms with Crippen LogP contribution >= 0.6 is 0 Å². The zero-order valence-corrected chi connectivity index (χ0v) is 12.3. The molecule has 0 aliphatic rings. The van der Waals surface area contributed by atoms with Gasteiger partial charge in [-0.05, 0) is 24.7 Å². The molecule has 0 aromatic carbocycles. The number of aromatic nitrogens is 2. The fraction of sp³-hybridized carbons (Fsp3) is 0.308. The van der Waals surface area contributed by atoms with Crippen LogP contribution in [0.4, 0.5) is 5.82 Å². The molecule has 2 aromatic heterocycles. The highest BCUT2D eigenvalue weighted by Crippen LogP contribution is 2.16. The van der Waals surface area contributed by atoms with Crippen molar-refractivity contribution in [1.82, 2.24) is 14.9 Å². The van der Waals surface area contributed by atoms with E-state index >= 15 is 0 Å². The highest BCUT2D eigenvalue weighted by Gasteiger charge is 2.17. The molecule has 2 heterocycles. The van der Waals surface area contributed by atoms with E-state index in [0.717, 1.165) is 12.2 Å². The van der Waals surface area contributed by atoms with E-state index < -0.39 is 10.0 Å². The average Bonchev–Trinajstić information content (AvgIpc) is 2.79. The predicted molar refractivity (Wildman–Crippen MR) is 77.8 cm³/mol. The summed E-state index contributed by atoms with van der Waals surface area (Å²) < 4.78 is 28.8. The summed E-state index contributed by atoms with van der Waals surface area (Å²) in [5.41, 5.74) is 0.910. The van der Waals surface area contributed by atoms with Crippen molar-refractivity contribution in [3.63, 3.8) is 0 Å². The molecule has 2 aromatic rings. The number of nitrogens with one attached hydrogen (secondary N) is 2. The van der Waals surface area contributed by atoms with Crippen molar-refractivity contribution in [3.8, 4) is 0 Å². The minimum Gasteiger partial charge on any atom is -0.352 e. The molecule has 0 amide bonds. The lowest BCUT2D eigenvalue weighted by atomic mass is 10.4. The molecule has 2 N–H and O–H groups in total. The van der Waals surface area contributed by atoms with Crippen LogP contribution in [-0.2, 0) is 23.6 Å². The second-order valence-electron chi connectivity index (χ2n) is 4.38. The standard InChI is InChI=1S/C13H18N4O2S/c1-3-14-9-11-8-12(10-17(11)2)20(18,19)16-13-6-4-5-7-15-13/h4-8,10,14H,3,9H2,1-2H3,(H,15,16). The quantitative estimate of drug-likeness (QED) is 0.843. The third-order valence-corrected chi connectivity index (χ3v) is 4.17. The van der Waals surface area contributed by atoms with Crippen LogP contribution in [0.1, 0.15) is 12.6 Å². The van der Waals surface area contributed by atoms with Gasteiger partial charge in [0.1, 0.15) is 10.7 Å². The molecule has 7 heteroatoms. The van der Waals surface area contributed by atoms with Gasteiger partial charge in [0.2, 0.25) is 0 Å². The summed E-state index contributed by atoms with van der Waals surface area (Å²) in [5, 5.41) is 3.17. The van der Waals surface area contributed by atoms with E-state index in [4.69, 9.17) is 0 Å². The molecule has 0 unspecified atom stereocenters. The lowest BCUT2D eigenvalue weighted by molar-refractivity contribution is 0.601. The number of sulfonamides is 1. The summed E-state index contributed by atoms with van der Waals surface area (Å²) >= 11 is 0. The molecule has 0 bridgehead atoms. The number of pyridine rings is 1. The van der Waals surface area contributed by atoms with E-state index in [-0.39, 0.29) is 4.90 Å². The highest BCUT2D eigenvalue weighted by molar-refractivity contribution is 7.92. The Balaban J connectivity index is 2.21. The average molecular weight is 294 g/mol. The predicted octanol–water partition coefficient (Wildman–Crippen LogP) is 1.33. The molecule has 0 saturated heterocycles. The molecule has 6 nitrogen and oxygen atoms in total. The van der Waals surface area contributed by atoms with E-state index in [1.807, 2.05) is 14.0 Å². The van der Waals surface area contributed by atoms with Crippen LogP contribution in [0.3, 0.4) is 0 Å². The molecule has 2 rings (SSSR count). The number of rotatable bonds is 6. The molecule has 0 aliphatic carbocycles. The van der Waals surface area contributed by atoms with Crippen LogP contribution in [-0.4, -0.2) is 24.5 Å². The smallest absolute Gasteiger partial charge is 0.264 e. The third-order valence-electron chi connectivity index (χ3n) is 2.85. The van der Waals surface area contributed by atoms with Gasteiger partial charge >= 0.3 is 0 Å². The Bertz CT molecular complexity index is 665. The molecule has 20 heavy (non-hydrogen) atoms. The Morgan fingerprint density at radius 3 is 2.80 bits per heavy atom. The van der Waals surface area contributed by atoms with Gasteiger partial charge in [-0.2, -0.15) is 0 Å². The SMILES string of the molecule is CCNCc1cc(S(=O)(=O)Nc2ccccn2)cn1C. The van der Waals surface area contributed by atoms with E-state index in [1.54, 1.807) is 41.2 Å². The largest absolute Gasteiger partial charge is 0.352 e. The van der Waals surface area contributed by atoms with Gasteiger partial charge in [0, 0.05) is 31.7 Å². The normalized spacial score (nSPS) is 11.5. The fourth-order valence-electron chi connectivity index (χ4n) is 1.77. The van der Waals surface area contributed by atoms with Crippen molar-refractivity contribution in [2.24, 2.45) is 7.05 Å². The van der Waals surface area contributed by atoms with Crippen LogP contribution in [0.25, 0.3) is 0 Å². The number of nitrogens with zero attached hydrogens (tertiary/aromatic N) is 2. The van der Waals surface area contributed by atoms with Crippen molar-refractivity contribution in [3.05, 3.63) is 42.4 Å². The van der Waals surface area contributed by atoms with Crippen LogP contribution in [0.15, 0.2) is 41.6 Å². The Kier molecular flexibility index (Phi) is 4.41. The van der Waals surface area contributed by atoms with Gasteiger partial charge in [-0.3, -0.25) is 4.72 Å². The zero-order valence-electron chi connectivity index (χ0n) is 11.5. The van der Waals surface area contributed by atoms with Crippen molar-refractivity contribution in [2.45, 2.75) is 18.4 Å². The van der Waals surface area contributed by atoms with Crippen LogP contribution < -0.4 is 10.0 Å². The van der Waals surface area contributed by atoms with E-state index in [2.05, 4.69) is 15.0 Å². The maximum absolute atomic E-state index is 12.3. The second kappa shape index (κ2) is 6.06. The molecule has 0 radical (unpaired) electrons. The minimum atomic E-state index is -3.60. The van der Waals surface area contributed by atoms with Crippen LogP contribution in [0, 0.1) is 0 Å². The number of anilines is 1. The fourth-order valence-corrected chi connectivity index (χ4v) is 2.87. The molecule has 0 saturated carbocycles. The number of aryl methyl sites for hydroxylation is 1. The third kappa shape index (κ3) is 3.37. The first-order chi connectivity index (χ1) is 9.53. The topological polar surface area (TPSA) is 76.0 Å². The molecular formula is C13H18N4O2S. The van der Waals surface area contributed by atoms with E-state index in [1.165, 1.54) is 0 Å². The van der Waals surface area contributed by atoms with Crippen molar-refractivity contribution in [2.75, 3.05) is 11.3 Å². The molecule has 108 valence electrons. The number of hydrogen-bond acceptors (Lipinski definition) is 4. The van der Waals surface area contributed by atoms with Crippen molar-refractivity contribution >= 4 is 15.8 Å². The number of hydrogen-bond donors (Lipinski definition) is 2. The first kappa shape index (κ1) is 14.5. The maximum atomic E-state index is 12.3. The second-order valence-corrected chi connectivity index (χ2v) is 6.06. The van der Waals surface area contributed by atoms with Crippen molar-refractivity contribution < 1.29 is 8.42 Å². The summed E-state index contributed by atoms with van der Waals surface area (Å²) in [6.45, 7) is 3.47. The molecular weight excluding hydrogens is 276 g/mol. The first-order valence-electron chi connectivity index (χ1n) is 6.32. The molecule has 0 atom stereocenters. The molecule has 0 spiro atoms. The van der Waals surface area contributed by atoms with Gasteiger partial charge in [0.15, 0.2) is 0 Å². The monoisotopic (exact) mass is 294 g/mol. The summed E-state index contributed by atoms with van der Waals surface area (Å²) in [7, 11) is -1.78. The Morgan fingerprint density at radius 2 is 2.15 bits per heavy atom. The Labute approximate surface area is 118 Å². The zero-order chi connectivity index (χ0) is 14.6. The lowest BCUT2D eigenvalue weighted by Gasteiger charge is -2.04. The molecule has 0 fully saturated rings. The molecule has 0 aliphatic heterocycles.